The van der Waals surface area contributed by atoms with E-state index < -0.39 is 21.7 Å². The van der Waals surface area contributed by atoms with Crippen molar-refractivity contribution in [1.82, 2.24) is 5.32 Å². The first-order valence-electron chi connectivity index (χ1n) is 5.18. The molecule has 4 nitrogen and oxygen atoms in total. The van der Waals surface area contributed by atoms with Crippen molar-refractivity contribution in [1.29, 1.82) is 0 Å². The summed E-state index contributed by atoms with van der Waals surface area (Å²) in [6.07, 6.45) is 4.45. The Hall–Kier alpha value is -0.200. The molecule has 0 amide bonds. The lowest BCUT2D eigenvalue weighted by Crippen LogP contribution is -2.45. The van der Waals surface area contributed by atoms with Gasteiger partial charge in [0.05, 0.1) is 0 Å². The summed E-state index contributed by atoms with van der Waals surface area (Å²) in [5.74, 6) is -2.51. The van der Waals surface area contributed by atoms with Gasteiger partial charge in [-0.3, -0.25) is 9.87 Å². The standard InChI is InChI=1S/C9H18FNO3S/c1-9(10,7-15(12,13)14)11-6-8-4-2-3-5-8/h8,11H,2-7H2,1H3,(H,12,13,14)/t9-/m1/s1. The summed E-state index contributed by atoms with van der Waals surface area (Å²) in [5.41, 5.74) is 0. The summed E-state index contributed by atoms with van der Waals surface area (Å²) >= 11 is 0. The van der Waals surface area contributed by atoms with Gasteiger partial charge in [0.25, 0.3) is 10.1 Å². The molecule has 0 radical (unpaired) electrons. The number of hydrogen-bond acceptors (Lipinski definition) is 3. The van der Waals surface area contributed by atoms with E-state index in [0.29, 0.717) is 12.5 Å². The summed E-state index contributed by atoms with van der Waals surface area (Å²) in [7, 11) is -4.27. The fourth-order valence-corrected chi connectivity index (χ4v) is 2.75. The van der Waals surface area contributed by atoms with Crippen LogP contribution in [0.4, 0.5) is 4.39 Å². The smallest absolute Gasteiger partial charge is 0.269 e. The van der Waals surface area contributed by atoms with Crippen molar-refractivity contribution in [2.75, 3.05) is 12.3 Å². The topological polar surface area (TPSA) is 66.4 Å². The minimum Gasteiger partial charge on any atom is -0.285 e. The molecule has 0 aromatic rings. The third-order valence-electron chi connectivity index (χ3n) is 2.69. The van der Waals surface area contributed by atoms with Gasteiger partial charge in [0.2, 0.25) is 0 Å². The largest absolute Gasteiger partial charge is 0.285 e. The SMILES string of the molecule is C[C@](F)(CS(=O)(=O)O)NCC1CCCC1. The van der Waals surface area contributed by atoms with Gasteiger partial charge in [-0.15, -0.1) is 0 Å². The Kier molecular flexibility index (Phi) is 4.08. The van der Waals surface area contributed by atoms with Crippen molar-refractivity contribution in [3.8, 4) is 0 Å². The van der Waals surface area contributed by atoms with Crippen LogP contribution >= 0.6 is 0 Å². The van der Waals surface area contributed by atoms with E-state index in [2.05, 4.69) is 5.32 Å². The number of rotatable bonds is 5. The highest BCUT2D eigenvalue weighted by Gasteiger charge is 2.30. The fourth-order valence-electron chi connectivity index (χ4n) is 1.97. The highest BCUT2D eigenvalue weighted by Crippen LogP contribution is 2.24. The Bertz CT molecular complexity index is 296. The summed E-state index contributed by atoms with van der Waals surface area (Å²) in [6, 6.07) is 0. The molecule has 0 saturated heterocycles. The van der Waals surface area contributed by atoms with Crippen LogP contribution in [0.15, 0.2) is 0 Å². The normalized spacial score (nSPS) is 22.9. The Morgan fingerprint density at radius 3 is 2.47 bits per heavy atom. The first kappa shape index (κ1) is 12.9. The van der Waals surface area contributed by atoms with E-state index in [4.69, 9.17) is 4.55 Å². The predicted molar refractivity (Wildman–Crippen MR) is 55.9 cm³/mol. The zero-order valence-corrected chi connectivity index (χ0v) is 9.69. The predicted octanol–water partition coefficient (Wildman–Crippen LogP) is 1.34. The maximum atomic E-state index is 13.6. The van der Waals surface area contributed by atoms with Gasteiger partial charge in [0.1, 0.15) is 5.75 Å². The number of nitrogens with one attached hydrogen (secondary N) is 1. The van der Waals surface area contributed by atoms with Gasteiger partial charge in [-0.2, -0.15) is 8.42 Å². The van der Waals surface area contributed by atoms with E-state index in [9.17, 15) is 12.8 Å². The molecule has 15 heavy (non-hydrogen) atoms. The van der Waals surface area contributed by atoms with Crippen molar-refractivity contribution in [3.05, 3.63) is 0 Å². The molecule has 0 unspecified atom stereocenters. The van der Waals surface area contributed by atoms with Crippen LogP contribution in [0.3, 0.4) is 0 Å². The van der Waals surface area contributed by atoms with Crippen molar-refractivity contribution >= 4 is 10.1 Å². The van der Waals surface area contributed by atoms with Crippen LogP contribution < -0.4 is 5.32 Å². The highest BCUT2D eigenvalue weighted by molar-refractivity contribution is 7.85. The average molecular weight is 239 g/mol. The molecule has 0 aromatic heterocycles. The van der Waals surface area contributed by atoms with Crippen LogP contribution in [0.1, 0.15) is 32.6 Å². The van der Waals surface area contributed by atoms with Crippen molar-refractivity contribution < 1.29 is 17.4 Å². The lowest BCUT2D eigenvalue weighted by molar-refractivity contribution is 0.156. The van der Waals surface area contributed by atoms with Gasteiger partial charge in [0, 0.05) is 6.54 Å². The second-order valence-electron chi connectivity index (χ2n) is 4.46. The Morgan fingerprint density at radius 2 is 2.00 bits per heavy atom. The van der Waals surface area contributed by atoms with Gasteiger partial charge in [-0.05, 0) is 25.7 Å². The third-order valence-corrected chi connectivity index (χ3v) is 3.59. The minimum absolute atomic E-state index is 0.432. The van der Waals surface area contributed by atoms with Gasteiger partial charge in [0.15, 0.2) is 5.79 Å². The molecule has 0 aromatic carbocycles. The van der Waals surface area contributed by atoms with Crippen molar-refractivity contribution in [2.24, 2.45) is 5.92 Å². The lowest BCUT2D eigenvalue weighted by Gasteiger charge is -2.22. The van der Waals surface area contributed by atoms with Gasteiger partial charge in [-0.1, -0.05) is 12.8 Å². The monoisotopic (exact) mass is 239 g/mol. The molecular formula is C9H18FNO3S. The van der Waals surface area contributed by atoms with E-state index in [1.54, 1.807) is 0 Å². The van der Waals surface area contributed by atoms with Crippen LogP contribution in [0.5, 0.6) is 0 Å². The molecular weight excluding hydrogens is 221 g/mol. The van der Waals surface area contributed by atoms with E-state index in [1.807, 2.05) is 0 Å². The summed E-state index contributed by atoms with van der Waals surface area (Å²) < 4.78 is 43.2. The van der Waals surface area contributed by atoms with Gasteiger partial charge in [-0.25, -0.2) is 4.39 Å². The van der Waals surface area contributed by atoms with E-state index >= 15 is 0 Å². The third kappa shape index (κ3) is 5.44. The molecule has 0 aliphatic heterocycles. The number of hydrogen-bond donors (Lipinski definition) is 2. The van der Waals surface area contributed by atoms with E-state index in [1.165, 1.54) is 0 Å². The van der Waals surface area contributed by atoms with Crippen LogP contribution in [0.25, 0.3) is 0 Å². The Balaban J connectivity index is 2.35. The lowest BCUT2D eigenvalue weighted by atomic mass is 10.1. The first-order chi connectivity index (χ1) is 6.79. The maximum absolute atomic E-state index is 13.6. The van der Waals surface area contributed by atoms with Gasteiger partial charge >= 0.3 is 0 Å². The molecule has 1 saturated carbocycles. The molecule has 2 N–H and O–H groups in total. The average Bonchev–Trinajstić information content (AvgIpc) is 2.47. The molecule has 1 rings (SSSR count). The van der Waals surface area contributed by atoms with E-state index in [0.717, 1.165) is 32.6 Å². The van der Waals surface area contributed by atoms with Gasteiger partial charge < -0.3 is 0 Å². The quantitative estimate of drug-likeness (QED) is 0.561. The summed E-state index contributed by atoms with van der Waals surface area (Å²) in [4.78, 5) is 0. The Labute approximate surface area is 90.0 Å². The number of halogens is 1. The van der Waals surface area contributed by atoms with Crippen LogP contribution in [0, 0.1) is 5.92 Å². The molecule has 0 bridgehead atoms. The molecule has 1 aliphatic rings. The maximum Gasteiger partial charge on any atom is 0.269 e. The Morgan fingerprint density at radius 1 is 1.47 bits per heavy atom. The van der Waals surface area contributed by atoms with Crippen molar-refractivity contribution in [2.45, 2.75) is 38.4 Å². The van der Waals surface area contributed by atoms with Crippen molar-refractivity contribution in [3.63, 3.8) is 0 Å². The summed E-state index contributed by atoms with van der Waals surface area (Å²) in [6.45, 7) is 1.61. The fraction of sp³-hybridized carbons (Fsp3) is 1.00. The minimum atomic E-state index is -4.27. The number of alkyl halides is 1. The zero-order chi connectivity index (χ0) is 11.5. The zero-order valence-electron chi connectivity index (χ0n) is 8.87. The molecule has 0 heterocycles. The molecule has 1 aliphatic carbocycles. The van der Waals surface area contributed by atoms with Crippen LogP contribution in [0.2, 0.25) is 0 Å². The molecule has 90 valence electrons. The molecule has 6 heteroatoms. The second-order valence-corrected chi connectivity index (χ2v) is 5.91. The van der Waals surface area contributed by atoms with Crippen LogP contribution in [-0.2, 0) is 10.1 Å². The molecule has 1 atom stereocenters. The first-order valence-corrected chi connectivity index (χ1v) is 6.78. The molecule has 0 spiro atoms. The highest BCUT2D eigenvalue weighted by atomic mass is 32.2. The van der Waals surface area contributed by atoms with Crippen LogP contribution in [-0.4, -0.2) is 31.1 Å². The molecule has 1 fully saturated rings. The van der Waals surface area contributed by atoms with E-state index in [-0.39, 0.29) is 0 Å². The summed E-state index contributed by atoms with van der Waals surface area (Å²) in [5, 5.41) is 2.55. The second kappa shape index (κ2) is 4.76.